The molecule has 70 valence electrons. The van der Waals surface area contributed by atoms with Crippen molar-refractivity contribution in [3.8, 4) is 6.07 Å². The zero-order valence-electron chi connectivity index (χ0n) is 7.66. The fraction of sp³-hybridized carbons (Fsp3) is 0.182. The van der Waals surface area contributed by atoms with Crippen molar-refractivity contribution in [2.24, 2.45) is 0 Å². The molecule has 1 heterocycles. The highest BCUT2D eigenvalue weighted by Gasteiger charge is 2.08. The van der Waals surface area contributed by atoms with E-state index in [1.165, 1.54) is 0 Å². The summed E-state index contributed by atoms with van der Waals surface area (Å²) in [5.74, 6) is 0. The molecule has 2 rings (SSSR count). The van der Waals surface area contributed by atoms with Gasteiger partial charge in [0.1, 0.15) is 0 Å². The van der Waals surface area contributed by atoms with Crippen molar-refractivity contribution in [2.45, 2.75) is 0 Å². The second-order valence-corrected chi connectivity index (χ2v) is 3.20. The largest absolute Gasteiger partial charge is 0.399 e. The van der Waals surface area contributed by atoms with Crippen LogP contribution in [0.3, 0.4) is 0 Å². The number of benzene rings is 1. The molecule has 1 aromatic carbocycles. The minimum Gasteiger partial charge on any atom is -0.399 e. The third kappa shape index (κ3) is 1.61. The molecule has 2 N–H and O–H groups in total. The SMILES string of the molecule is N#Cc1cc(N)cc(C2=CCOC2)c1. The molecule has 3 nitrogen and oxygen atoms in total. The number of hydrogen-bond acceptors (Lipinski definition) is 3. The molecule has 1 aromatic rings. The van der Waals surface area contributed by atoms with E-state index in [0.717, 1.165) is 11.1 Å². The second-order valence-electron chi connectivity index (χ2n) is 3.20. The number of hydrogen-bond donors (Lipinski definition) is 1. The number of anilines is 1. The van der Waals surface area contributed by atoms with E-state index in [1.54, 1.807) is 6.07 Å². The molecule has 14 heavy (non-hydrogen) atoms. The molecule has 0 saturated heterocycles. The minimum atomic E-state index is 0.591. The Morgan fingerprint density at radius 2 is 2.21 bits per heavy atom. The molecule has 0 unspecified atom stereocenters. The van der Waals surface area contributed by atoms with Gasteiger partial charge in [-0.25, -0.2) is 0 Å². The van der Waals surface area contributed by atoms with Gasteiger partial charge in [0.15, 0.2) is 0 Å². The van der Waals surface area contributed by atoms with E-state index in [4.69, 9.17) is 15.7 Å². The summed E-state index contributed by atoms with van der Waals surface area (Å²) in [6, 6.07) is 7.44. The monoisotopic (exact) mass is 186 g/mol. The number of ether oxygens (including phenoxy) is 1. The lowest BCUT2D eigenvalue weighted by Gasteiger charge is -2.03. The maximum Gasteiger partial charge on any atom is 0.0992 e. The maximum absolute atomic E-state index is 8.77. The fourth-order valence-corrected chi connectivity index (χ4v) is 1.49. The summed E-state index contributed by atoms with van der Waals surface area (Å²) < 4.78 is 5.21. The molecule has 1 aliphatic rings. The molecule has 0 saturated carbocycles. The molecule has 0 amide bonds. The highest BCUT2D eigenvalue weighted by molar-refractivity contribution is 5.71. The lowest BCUT2D eigenvalue weighted by atomic mass is 10.0. The Bertz CT molecular complexity index is 429. The van der Waals surface area contributed by atoms with Gasteiger partial charge in [0, 0.05) is 5.69 Å². The van der Waals surface area contributed by atoms with Gasteiger partial charge in [-0.2, -0.15) is 5.26 Å². The average Bonchev–Trinajstić information content (AvgIpc) is 2.69. The average molecular weight is 186 g/mol. The number of rotatable bonds is 1. The first-order chi connectivity index (χ1) is 6.79. The van der Waals surface area contributed by atoms with E-state index in [9.17, 15) is 0 Å². The van der Waals surface area contributed by atoms with Crippen LogP contribution in [-0.4, -0.2) is 13.2 Å². The first-order valence-corrected chi connectivity index (χ1v) is 4.37. The molecule has 0 atom stereocenters. The van der Waals surface area contributed by atoms with E-state index in [1.807, 2.05) is 18.2 Å². The number of nitriles is 1. The predicted octanol–water partition coefficient (Wildman–Crippen LogP) is 1.55. The van der Waals surface area contributed by atoms with Gasteiger partial charge in [-0.3, -0.25) is 0 Å². The van der Waals surface area contributed by atoms with Gasteiger partial charge < -0.3 is 10.5 Å². The van der Waals surface area contributed by atoms with Crippen molar-refractivity contribution in [1.29, 1.82) is 5.26 Å². The van der Waals surface area contributed by atoms with Crippen LogP contribution in [0.5, 0.6) is 0 Å². The number of nitrogen functional groups attached to an aromatic ring is 1. The van der Waals surface area contributed by atoms with E-state index < -0.39 is 0 Å². The highest BCUT2D eigenvalue weighted by atomic mass is 16.5. The Labute approximate surface area is 82.4 Å². The lowest BCUT2D eigenvalue weighted by molar-refractivity contribution is 0.216. The molecular formula is C11H10N2O. The van der Waals surface area contributed by atoms with E-state index in [0.29, 0.717) is 24.5 Å². The summed E-state index contributed by atoms with van der Waals surface area (Å²) in [4.78, 5) is 0. The van der Waals surface area contributed by atoms with Crippen LogP contribution >= 0.6 is 0 Å². The molecule has 0 spiro atoms. The van der Waals surface area contributed by atoms with E-state index in [-0.39, 0.29) is 0 Å². The molecule has 0 aromatic heterocycles. The van der Waals surface area contributed by atoms with Crippen molar-refractivity contribution < 1.29 is 4.74 Å². The van der Waals surface area contributed by atoms with Crippen molar-refractivity contribution in [3.63, 3.8) is 0 Å². The third-order valence-corrected chi connectivity index (χ3v) is 2.16. The van der Waals surface area contributed by atoms with E-state index in [2.05, 4.69) is 6.07 Å². The normalized spacial score (nSPS) is 14.9. The summed E-state index contributed by atoms with van der Waals surface area (Å²) in [5, 5.41) is 8.77. The molecule has 3 heteroatoms. The van der Waals surface area contributed by atoms with Gasteiger partial charge in [0.2, 0.25) is 0 Å². The third-order valence-electron chi connectivity index (χ3n) is 2.16. The predicted molar refractivity (Wildman–Crippen MR) is 54.4 cm³/mol. The molecule has 0 radical (unpaired) electrons. The van der Waals surface area contributed by atoms with Crippen molar-refractivity contribution >= 4 is 11.3 Å². The fourth-order valence-electron chi connectivity index (χ4n) is 1.49. The second kappa shape index (κ2) is 3.52. The molecular weight excluding hydrogens is 176 g/mol. The standard InChI is InChI=1S/C11H10N2O/c12-6-8-3-10(5-11(13)4-8)9-1-2-14-7-9/h1,3-5H,2,7,13H2. The number of nitrogens with two attached hydrogens (primary N) is 1. The molecule has 1 aliphatic heterocycles. The van der Waals surface area contributed by atoms with Crippen LogP contribution in [0.15, 0.2) is 24.3 Å². The van der Waals surface area contributed by atoms with Crippen LogP contribution in [0.25, 0.3) is 5.57 Å². The Hall–Kier alpha value is -1.79. The van der Waals surface area contributed by atoms with Crippen molar-refractivity contribution in [3.05, 3.63) is 35.4 Å². The van der Waals surface area contributed by atoms with Gasteiger partial charge in [-0.15, -0.1) is 0 Å². The summed E-state index contributed by atoms with van der Waals surface area (Å²) in [7, 11) is 0. The summed E-state index contributed by atoms with van der Waals surface area (Å²) in [5.41, 5.74) is 8.98. The van der Waals surface area contributed by atoms with Crippen LogP contribution in [0.1, 0.15) is 11.1 Å². The van der Waals surface area contributed by atoms with E-state index >= 15 is 0 Å². The van der Waals surface area contributed by atoms with Gasteiger partial charge in [-0.1, -0.05) is 6.08 Å². The smallest absolute Gasteiger partial charge is 0.0992 e. The Kier molecular flexibility index (Phi) is 2.21. The first-order valence-electron chi connectivity index (χ1n) is 4.37. The van der Waals surface area contributed by atoms with Crippen LogP contribution in [0.4, 0.5) is 5.69 Å². The molecule has 0 bridgehead atoms. The summed E-state index contributed by atoms with van der Waals surface area (Å²) >= 11 is 0. The molecule has 0 aliphatic carbocycles. The van der Waals surface area contributed by atoms with Gasteiger partial charge in [0.25, 0.3) is 0 Å². The molecule has 0 fully saturated rings. The van der Waals surface area contributed by atoms with Crippen LogP contribution in [-0.2, 0) is 4.74 Å². The van der Waals surface area contributed by atoms with Gasteiger partial charge in [0.05, 0.1) is 24.8 Å². The zero-order valence-corrected chi connectivity index (χ0v) is 7.66. The van der Waals surface area contributed by atoms with Crippen LogP contribution in [0, 0.1) is 11.3 Å². The quantitative estimate of drug-likeness (QED) is 0.677. The Morgan fingerprint density at radius 1 is 1.36 bits per heavy atom. The van der Waals surface area contributed by atoms with Crippen LogP contribution in [0.2, 0.25) is 0 Å². The Morgan fingerprint density at radius 3 is 2.86 bits per heavy atom. The minimum absolute atomic E-state index is 0.591. The zero-order chi connectivity index (χ0) is 9.97. The van der Waals surface area contributed by atoms with Crippen molar-refractivity contribution in [1.82, 2.24) is 0 Å². The lowest BCUT2D eigenvalue weighted by Crippen LogP contribution is -1.93. The number of nitrogens with zero attached hydrogens (tertiary/aromatic N) is 1. The van der Waals surface area contributed by atoms with Gasteiger partial charge >= 0.3 is 0 Å². The topological polar surface area (TPSA) is 59.0 Å². The Balaban J connectivity index is 2.43. The summed E-state index contributed by atoms with van der Waals surface area (Å²) in [6.45, 7) is 1.25. The summed E-state index contributed by atoms with van der Waals surface area (Å²) in [6.07, 6.45) is 2.01. The maximum atomic E-state index is 8.77. The van der Waals surface area contributed by atoms with Crippen LogP contribution < -0.4 is 5.73 Å². The highest BCUT2D eigenvalue weighted by Crippen LogP contribution is 2.22. The first kappa shape index (κ1) is 8.79. The van der Waals surface area contributed by atoms with Crippen molar-refractivity contribution in [2.75, 3.05) is 18.9 Å². The van der Waals surface area contributed by atoms with Gasteiger partial charge in [-0.05, 0) is 29.3 Å².